The fraction of sp³-hybridized carbons (Fsp3) is 0.353. The Labute approximate surface area is 158 Å². The molecule has 0 unspecified atom stereocenters. The van der Waals surface area contributed by atoms with Crippen molar-refractivity contribution in [2.45, 2.75) is 44.4 Å². The first-order valence-corrected chi connectivity index (χ1v) is 10.4. The van der Waals surface area contributed by atoms with Crippen LogP contribution in [-0.4, -0.2) is 17.8 Å². The largest absolute Gasteiger partial charge is 0.416 e. The zero-order valence-corrected chi connectivity index (χ0v) is 16.5. The summed E-state index contributed by atoms with van der Waals surface area (Å²) in [4.78, 5) is 5.88. The highest BCUT2D eigenvalue weighted by atomic mass is 32.2. The van der Waals surface area contributed by atoms with Crippen molar-refractivity contribution in [3.8, 4) is 0 Å². The first kappa shape index (κ1) is 19.8. The minimum Gasteiger partial charge on any atom is -0.279 e. The number of alkyl halides is 3. The molecule has 0 saturated carbocycles. The summed E-state index contributed by atoms with van der Waals surface area (Å²) in [7, 11) is -3.98. The maximum absolute atomic E-state index is 12.9. The van der Waals surface area contributed by atoms with Crippen LogP contribution in [0.15, 0.2) is 35.5 Å². The number of imidazole rings is 1. The number of sulfonamides is 1. The third kappa shape index (κ3) is 4.02. The Hall–Kier alpha value is -1.91. The molecule has 1 N–H and O–H groups in total. The lowest BCUT2D eigenvalue weighted by Crippen LogP contribution is -2.26. The van der Waals surface area contributed by atoms with Gasteiger partial charge in [0.2, 0.25) is 0 Å². The van der Waals surface area contributed by atoms with Crippen LogP contribution >= 0.6 is 11.3 Å². The number of benzene rings is 1. The van der Waals surface area contributed by atoms with E-state index in [0.717, 1.165) is 17.0 Å². The van der Waals surface area contributed by atoms with Crippen LogP contribution in [0.2, 0.25) is 0 Å². The SMILES string of the molecule is Cc1cn2c(S(=O)(=O)NCc3cccc(C(F)(F)F)c3)c(C(C)C)nc2s1. The van der Waals surface area contributed by atoms with Gasteiger partial charge in [-0.25, -0.2) is 18.1 Å². The van der Waals surface area contributed by atoms with Crippen molar-refractivity contribution in [2.75, 3.05) is 0 Å². The summed E-state index contributed by atoms with van der Waals surface area (Å²) in [6.07, 6.45) is -2.79. The molecule has 0 aliphatic heterocycles. The number of aromatic nitrogens is 2. The number of hydrogen-bond donors (Lipinski definition) is 1. The van der Waals surface area contributed by atoms with Gasteiger partial charge in [0, 0.05) is 17.6 Å². The summed E-state index contributed by atoms with van der Waals surface area (Å²) >= 11 is 1.37. The molecule has 10 heteroatoms. The van der Waals surface area contributed by atoms with E-state index in [2.05, 4.69) is 9.71 Å². The zero-order valence-electron chi connectivity index (χ0n) is 14.8. The van der Waals surface area contributed by atoms with Gasteiger partial charge in [-0.2, -0.15) is 13.2 Å². The van der Waals surface area contributed by atoms with Gasteiger partial charge >= 0.3 is 6.18 Å². The molecule has 3 rings (SSSR count). The molecule has 2 aromatic heterocycles. The predicted octanol–water partition coefficient (Wildman–Crippen LogP) is 4.32. The quantitative estimate of drug-likeness (QED) is 0.672. The molecule has 0 aliphatic carbocycles. The minimum absolute atomic E-state index is 0.0313. The number of thiazole rings is 1. The van der Waals surface area contributed by atoms with Crippen LogP contribution in [0, 0.1) is 6.92 Å². The summed E-state index contributed by atoms with van der Waals surface area (Å²) < 4.78 is 68.2. The van der Waals surface area contributed by atoms with Gasteiger partial charge in [0.1, 0.15) is 0 Å². The first-order chi connectivity index (χ1) is 12.5. The fourth-order valence-electron chi connectivity index (χ4n) is 2.70. The number of aryl methyl sites for hydroxylation is 1. The number of halogens is 3. The molecule has 5 nitrogen and oxygen atoms in total. The number of fused-ring (bicyclic) bond motifs is 1. The Kier molecular flexibility index (Phi) is 5.08. The van der Waals surface area contributed by atoms with Crippen LogP contribution in [0.3, 0.4) is 0 Å². The molecule has 3 aromatic rings. The Bertz CT molecular complexity index is 1080. The second kappa shape index (κ2) is 6.92. The fourth-order valence-corrected chi connectivity index (χ4v) is 5.04. The molecule has 0 fully saturated rings. The van der Waals surface area contributed by atoms with E-state index in [4.69, 9.17) is 0 Å². The molecule has 0 bridgehead atoms. The molecular formula is C17H18F3N3O2S2. The highest BCUT2D eigenvalue weighted by Gasteiger charge is 2.31. The molecule has 0 radical (unpaired) electrons. The van der Waals surface area contributed by atoms with Gasteiger partial charge in [-0.05, 0) is 24.5 Å². The van der Waals surface area contributed by atoms with E-state index < -0.39 is 21.8 Å². The molecule has 2 heterocycles. The highest BCUT2D eigenvalue weighted by molar-refractivity contribution is 7.89. The second-order valence-corrected chi connectivity index (χ2v) is 9.37. The van der Waals surface area contributed by atoms with Crippen LogP contribution < -0.4 is 4.72 Å². The zero-order chi connectivity index (χ0) is 20.0. The van der Waals surface area contributed by atoms with Crippen LogP contribution in [0.4, 0.5) is 13.2 Å². The van der Waals surface area contributed by atoms with Crippen LogP contribution in [-0.2, 0) is 22.7 Å². The van der Waals surface area contributed by atoms with Crippen molar-refractivity contribution in [2.24, 2.45) is 0 Å². The van der Waals surface area contributed by atoms with Gasteiger partial charge in [0.15, 0.2) is 9.99 Å². The molecule has 0 saturated heterocycles. The molecule has 1 aromatic carbocycles. The summed E-state index contributed by atoms with van der Waals surface area (Å²) in [5.74, 6) is -0.127. The Morgan fingerprint density at radius 3 is 2.63 bits per heavy atom. The van der Waals surface area contributed by atoms with Crippen LogP contribution in [0.25, 0.3) is 4.96 Å². The van der Waals surface area contributed by atoms with E-state index in [-0.39, 0.29) is 23.1 Å². The average molecular weight is 417 g/mol. The number of hydrogen-bond acceptors (Lipinski definition) is 4. The maximum atomic E-state index is 12.9. The second-order valence-electron chi connectivity index (χ2n) is 6.47. The van der Waals surface area contributed by atoms with Crippen molar-refractivity contribution in [3.63, 3.8) is 0 Å². The maximum Gasteiger partial charge on any atom is 0.416 e. The van der Waals surface area contributed by atoms with Gasteiger partial charge < -0.3 is 0 Å². The molecule has 0 atom stereocenters. The van der Waals surface area contributed by atoms with Gasteiger partial charge in [0.05, 0.1) is 11.3 Å². The number of nitrogens with one attached hydrogen (secondary N) is 1. The van der Waals surface area contributed by atoms with E-state index in [1.54, 1.807) is 6.20 Å². The highest BCUT2D eigenvalue weighted by Crippen LogP contribution is 2.30. The first-order valence-electron chi connectivity index (χ1n) is 8.13. The van der Waals surface area contributed by atoms with E-state index >= 15 is 0 Å². The Morgan fingerprint density at radius 2 is 2.00 bits per heavy atom. The summed E-state index contributed by atoms with van der Waals surface area (Å²) in [6.45, 7) is 5.28. The Morgan fingerprint density at radius 1 is 1.30 bits per heavy atom. The number of nitrogens with zero attached hydrogens (tertiary/aromatic N) is 2. The topological polar surface area (TPSA) is 63.5 Å². The third-order valence-electron chi connectivity index (χ3n) is 3.95. The molecule has 27 heavy (non-hydrogen) atoms. The molecule has 0 amide bonds. The van der Waals surface area contributed by atoms with E-state index in [9.17, 15) is 21.6 Å². The third-order valence-corrected chi connectivity index (χ3v) is 6.28. The van der Waals surface area contributed by atoms with Crippen molar-refractivity contribution >= 4 is 26.3 Å². The van der Waals surface area contributed by atoms with Gasteiger partial charge in [-0.1, -0.05) is 32.0 Å². The monoisotopic (exact) mass is 417 g/mol. The summed E-state index contributed by atoms with van der Waals surface area (Å²) in [5.41, 5.74) is -0.165. The summed E-state index contributed by atoms with van der Waals surface area (Å²) in [5, 5.41) is 0.0313. The van der Waals surface area contributed by atoms with Gasteiger partial charge in [-0.15, -0.1) is 11.3 Å². The van der Waals surface area contributed by atoms with Crippen molar-refractivity contribution in [1.82, 2.24) is 14.1 Å². The van der Waals surface area contributed by atoms with Crippen LogP contribution in [0.5, 0.6) is 0 Å². The molecule has 146 valence electrons. The van der Waals surface area contributed by atoms with E-state index in [1.165, 1.54) is 27.9 Å². The Balaban J connectivity index is 1.94. The molecule has 0 spiro atoms. The number of rotatable bonds is 5. The van der Waals surface area contributed by atoms with Crippen molar-refractivity contribution in [3.05, 3.63) is 52.2 Å². The lowest BCUT2D eigenvalue weighted by atomic mass is 10.1. The minimum atomic E-state index is -4.48. The summed E-state index contributed by atoms with van der Waals surface area (Å²) in [6, 6.07) is 4.59. The molecule has 0 aliphatic rings. The standard InChI is InChI=1S/C17H18F3N3O2S2/c1-10(2)14-15(23-9-11(3)26-16(23)22-14)27(24,25)21-8-12-5-4-6-13(7-12)17(18,19)20/h4-7,9-10,21H,8H2,1-3H3. The van der Waals surface area contributed by atoms with Gasteiger partial charge in [0.25, 0.3) is 10.0 Å². The van der Waals surface area contributed by atoms with Crippen LogP contribution in [0.1, 0.15) is 41.5 Å². The van der Waals surface area contributed by atoms with E-state index in [1.807, 2.05) is 20.8 Å². The lowest BCUT2D eigenvalue weighted by Gasteiger charge is -2.11. The average Bonchev–Trinajstić information content (AvgIpc) is 3.08. The molecular weight excluding hydrogens is 399 g/mol. The smallest absolute Gasteiger partial charge is 0.279 e. The van der Waals surface area contributed by atoms with Crippen molar-refractivity contribution in [1.29, 1.82) is 0 Å². The lowest BCUT2D eigenvalue weighted by molar-refractivity contribution is -0.137. The van der Waals surface area contributed by atoms with E-state index in [0.29, 0.717) is 10.7 Å². The normalized spacial score (nSPS) is 13.0. The van der Waals surface area contributed by atoms with Gasteiger partial charge in [-0.3, -0.25) is 4.40 Å². The predicted molar refractivity (Wildman–Crippen MR) is 97.4 cm³/mol. The van der Waals surface area contributed by atoms with Crippen molar-refractivity contribution < 1.29 is 21.6 Å².